The van der Waals surface area contributed by atoms with Crippen LogP contribution < -0.4 is 4.90 Å². The highest BCUT2D eigenvalue weighted by atomic mass is 32.1. The van der Waals surface area contributed by atoms with Gasteiger partial charge in [0.15, 0.2) is 0 Å². The number of hydrogen-bond acceptors (Lipinski definition) is 2. The van der Waals surface area contributed by atoms with E-state index in [0.717, 1.165) is 11.4 Å². The average molecular weight is 844 g/mol. The first-order valence-corrected chi connectivity index (χ1v) is 23.2. The summed E-state index contributed by atoms with van der Waals surface area (Å²) in [6.45, 7) is 0. The van der Waals surface area contributed by atoms with Crippen molar-refractivity contribution in [1.82, 2.24) is 0 Å². The van der Waals surface area contributed by atoms with E-state index in [9.17, 15) is 0 Å². The largest absolute Gasteiger partial charge is 0.309 e. The Morgan fingerprint density at radius 3 is 1.60 bits per heavy atom. The Balaban J connectivity index is 0.974. The summed E-state index contributed by atoms with van der Waals surface area (Å²) in [5, 5.41) is 7.55. The molecule has 1 aliphatic carbocycles. The molecule has 0 bridgehead atoms. The first-order valence-electron chi connectivity index (χ1n) is 22.4. The molecule has 0 spiro atoms. The average Bonchev–Trinajstić information content (AvgIpc) is 3.91. The third kappa shape index (κ3) is 5.99. The van der Waals surface area contributed by atoms with Crippen LogP contribution in [-0.4, -0.2) is 0 Å². The Labute approximate surface area is 382 Å². The number of anilines is 3. The predicted molar refractivity (Wildman–Crippen MR) is 277 cm³/mol. The number of benzene rings is 11. The molecule has 0 saturated carbocycles. The Morgan fingerprint density at radius 1 is 0.323 bits per heavy atom. The van der Waals surface area contributed by atoms with Crippen LogP contribution in [0.1, 0.15) is 22.3 Å². The van der Waals surface area contributed by atoms with Gasteiger partial charge in [0.25, 0.3) is 0 Å². The van der Waals surface area contributed by atoms with Crippen molar-refractivity contribution in [1.29, 1.82) is 0 Å². The lowest BCUT2D eigenvalue weighted by Crippen LogP contribution is -2.28. The third-order valence-corrected chi connectivity index (χ3v) is 14.9. The van der Waals surface area contributed by atoms with Crippen LogP contribution in [-0.2, 0) is 5.41 Å². The molecule has 13 rings (SSSR count). The zero-order chi connectivity index (χ0) is 42.9. The second-order valence-electron chi connectivity index (χ2n) is 17.2. The summed E-state index contributed by atoms with van der Waals surface area (Å²) in [6.07, 6.45) is 0. The standard InChI is InChI=1S/C63H41NS/c1-3-16-50(17-4-1)63(51-18-5-2-6-19-51)58-23-11-9-20-54(58)55-37-36-53(41-59(55)63)64(60-24-13-22-57-56-21-10-12-25-61(56)65-62(57)60)52-34-32-43(33-35-52)46-29-27-44-28-31-48(40-49(44)39-46)47-30-26-42-14-7-8-15-45(42)38-47/h1-41H. The summed E-state index contributed by atoms with van der Waals surface area (Å²) in [5.74, 6) is 0. The Hall–Kier alpha value is -8.04. The molecule has 0 radical (unpaired) electrons. The van der Waals surface area contributed by atoms with E-state index in [2.05, 4.69) is 254 Å². The molecule has 1 nitrogen and oxygen atoms in total. The summed E-state index contributed by atoms with van der Waals surface area (Å²) in [4.78, 5) is 2.49. The van der Waals surface area contributed by atoms with E-state index in [-0.39, 0.29) is 0 Å². The second kappa shape index (κ2) is 15.1. The summed E-state index contributed by atoms with van der Waals surface area (Å²) >= 11 is 1.87. The molecule has 0 atom stereocenters. The molecule has 1 aliphatic rings. The Morgan fingerprint density at radius 2 is 0.862 bits per heavy atom. The maximum Gasteiger partial charge on any atom is 0.0714 e. The van der Waals surface area contributed by atoms with Crippen molar-refractivity contribution in [3.8, 4) is 33.4 Å². The number of thiophene rings is 1. The molecule has 0 aliphatic heterocycles. The lowest BCUT2D eigenvalue weighted by molar-refractivity contribution is 0.768. The van der Waals surface area contributed by atoms with Crippen LogP contribution in [0.3, 0.4) is 0 Å². The molecule has 1 aromatic heterocycles. The van der Waals surface area contributed by atoms with Gasteiger partial charge >= 0.3 is 0 Å². The molecule has 304 valence electrons. The topological polar surface area (TPSA) is 3.24 Å². The molecular weight excluding hydrogens is 803 g/mol. The van der Waals surface area contributed by atoms with Crippen molar-refractivity contribution < 1.29 is 0 Å². The molecule has 0 amide bonds. The van der Waals surface area contributed by atoms with E-state index in [0.29, 0.717) is 0 Å². The minimum absolute atomic E-state index is 0.506. The van der Waals surface area contributed by atoms with Gasteiger partial charge in [0.1, 0.15) is 0 Å². The fourth-order valence-corrected chi connectivity index (χ4v) is 11.9. The molecule has 0 saturated heterocycles. The van der Waals surface area contributed by atoms with E-state index in [1.165, 1.54) is 103 Å². The van der Waals surface area contributed by atoms with Crippen molar-refractivity contribution in [2.75, 3.05) is 4.90 Å². The van der Waals surface area contributed by atoms with Gasteiger partial charge in [-0.1, -0.05) is 194 Å². The van der Waals surface area contributed by atoms with Crippen LogP contribution in [0.5, 0.6) is 0 Å². The quantitative estimate of drug-likeness (QED) is 0.154. The SMILES string of the molecule is c1ccc(C2(c3ccccc3)c3ccccc3-c3ccc(N(c4ccc(-c5ccc6ccc(-c7ccc8ccccc8c7)cc6c5)cc4)c4cccc5c4sc4ccccc45)cc32)cc1. The van der Waals surface area contributed by atoms with E-state index < -0.39 is 5.41 Å². The third-order valence-electron chi connectivity index (χ3n) is 13.7. The molecule has 65 heavy (non-hydrogen) atoms. The van der Waals surface area contributed by atoms with Crippen molar-refractivity contribution >= 4 is 70.1 Å². The molecule has 12 aromatic rings. The normalized spacial score (nSPS) is 12.7. The van der Waals surface area contributed by atoms with Crippen molar-refractivity contribution in [3.05, 3.63) is 271 Å². The smallest absolute Gasteiger partial charge is 0.0714 e. The maximum absolute atomic E-state index is 2.49. The summed E-state index contributed by atoms with van der Waals surface area (Å²) in [5.41, 5.74) is 15.4. The molecule has 2 heteroatoms. The molecule has 11 aromatic carbocycles. The monoisotopic (exact) mass is 843 g/mol. The van der Waals surface area contributed by atoms with E-state index >= 15 is 0 Å². The second-order valence-corrected chi connectivity index (χ2v) is 18.3. The first-order chi connectivity index (χ1) is 32.2. The molecule has 0 N–H and O–H groups in total. The van der Waals surface area contributed by atoms with Crippen LogP contribution in [0.15, 0.2) is 249 Å². The van der Waals surface area contributed by atoms with Crippen LogP contribution in [0.25, 0.3) is 75.1 Å². The van der Waals surface area contributed by atoms with Crippen LogP contribution in [0.4, 0.5) is 17.1 Å². The molecule has 0 unspecified atom stereocenters. The Bertz CT molecular complexity index is 3730. The van der Waals surface area contributed by atoms with E-state index in [1.807, 2.05) is 11.3 Å². The number of nitrogens with zero attached hydrogens (tertiary/aromatic N) is 1. The summed E-state index contributed by atoms with van der Waals surface area (Å²) in [7, 11) is 0. The van der Waals surface area contributed by atoms with Gasteiger partial charge in [0.05, 0.1) is 15.8 Å². The fraction of sp³-hybridized carbons (Fsp3) is 0.0159. The van der Waals surface area contributed by atoms with Gasteiger partial charge in [-0.15, -0.1) is 11.3 Å². The molecule has 1 heterocycles. The fourth-order valence-electron chi connectivity index (χ4n) is 10.7. The van der Waals surface area contributed by atoms with E-state index in [1.54, 1.807) is 0 Å². The van der Waals surface area contributed by atoms with Gasteiger partial charge in [0.2, 0.25) is 0 Å². The van der Waals surface area contributed by atoms with Gasteiger partial charge < -0.3 is 4.90 Å². The zero-order valence-electron chi connectivity index (χ0n) is 35.5. The van der Waals surface area contributed by atoms with Gasteiger partial charge in [-0.3, -0.25) is 0 Å². The first kappa shape index (κ1) is 37.5. The highest BCUT2D eigenvalue weighted by molar-refractivity contribution is 7.26. The number of hydrogen-bond donors (Lipinski definition) is 0. The van der Waals surface area contributed by atoms with Crippen molar-refractivity contribution in [2.45, 2.75) is 5.41 Å². The summed E-state index contributed by atoms with van der Waals surface area (Å²) in [6, 6.07) is 92.2. The van der Waals surface area contributed by atoms with Crippen LogP contribution >= 0.6 is 11.3 Å². The zero-order valence-corrected chi connectivity index (χ0v) is 36.3. The van der Waals surface area contributed by atoms with Crippen LogP contribution in [0.2, 0.25) is 0 Å². The van der Waals surface area contributed by atoms with Crippen molar-refractivity contribution in [3.63, 3.8) is 0 Å². The number of rotatable bonds is 7. The predicted octanol–water partition coefficient (Wildman–Crippen LogP) is 17.5. The highest BCUT2D eigenvalue weighted by Gasteiger charge is 2.46. The van der Waals surface area contributed by atoms with Crippen molar-refractivity contribution in [2.24, 2.45) is 0 Å². The minimum atomic E-state index is -0.506. The summed E-state index contributed by atoms with van der Waals surface area (Å²) < 4.78 is 2.57. The minimum Gasteiger partial charge on any atom is -0.309 e. The lowest BCUT2D eigenvalue weighted by Gasteiger charge is -2.35. The maximum atomic E-state index is 2.49. The van der Waals surface area contributed by atoms with Gasteiger partial charge in [-0.2, -0.15) is 0 Å². The number of fused-ring (bicyclic) bond motifs is 8. The van der Waals surface area contributed by atoms with Gasteiger partial charge in [-0.05, 0) is 132 Å². The van der Waals surface area contributed by atoms with Crippen LogP contribution in [0, 0.1) is 0 Å². The highest BCUT2D eigenvalue weighted by Crippen LogP contribution is 2.57. The van der Waals surface area contributed by atoms with E-state index in [4.69, 9.17) is 0 Å². The lowest BCUT2D eigenvalue weighted by atomic mass is 9.67. The van der Waals surface area contributed by atoms with Gasteiger partial charge in [-0.25, -0.2) is 0 Å². The Kier molecular flexibility index (Phi) is 8.69. The molecular formula is C63H41NS. The van der Waals surface area contributed by atoms with Gasteiger partial charge in [0, 0.05) is 26.8 Å². The molecule has 0 fully saturated rings.